The van der Waals surface area contributed by atoms with E-state index in [1.165, 1.54) is 41.8 Å². The van der Waals surface area contributed by atoms with E-state index in [-0.39, 0.29) is 0 Å². The molecule has 0 fully saturated rings. The standard InChI is InChI=1S/C20H20N2/c1-3-7-16(8-4-1)17-10-12-18(13-11-17)19-15-22-14-6-2-5-9-20(22)21-19/h1,3-4,7-8,10-13,15H,2,5-6,9,14H2. The van der Waals surface area contributed by atoms with Gasteiger partial charge in [-0.3, -0.25) is 0 Å². The Morgan fingerprint density at radius 3 is 2.27 bits per heavy atom. The molecule has 3 aromatic rings. The third-order valence-electron chi connectivity index (χ3n) is 4.45. The summed E-state index contributed by atoms with van der Waals surface area (Å²) in [7, 11) is 0. The van der Waals surface area contributed by atoms with Crippen LogP contribution >= 0.6 is 0 Å². The molecule has 0 saturated carbocycles. The molecule has 0 atom stereocenters. The summed E-state index contributed by atoms with van der Waals surface area (Å²) in [5.74, 6) is 1.25. The molecule has 0 N–H and O–H groups in total. The molecule has 0 saturated heterocycles. The number of hydrogen-bond acceptors (Lipinski definition) is 1. The maximum atomic E-state index is 4.85. The van der Waals surface area contributed by atoms with Gasteiger partial charge in [-0.15, -0.1) is 0 Å². The molecule has 2 nitrogen and oxygen atoms in total. The number of hydrogen-bond donors (Lipinski definition) is 0. The van der Waals surface area contributed by atoms with E-state index in [9.17, 15) is 0 Å². The maximum Gasteiger partial charge on any atom is 0.109 e. The average molecular weight is 288 g/mol. The van der Waals surface area contributed by atoms with Crippen LogP contribution in [0.2, 0.25) is 0 Å². The molecule has 2 heteroatoms. The minimum Gasteiger partial charge on any atom is -0.334 e. The molecular formula is C20H20N2. The molecule has 2 aromatic carbocycles. The van der Waals surface area contributed by atoms with E-state index in [4.69, 9.17) is 4.98 Å². The van der Waals surface area contributed by atoms with E-state index in [1.54, 1.807) is 0 Å². The number of aromatic nitrogens is 2. The van der Waals surface area contributed by atoms with Gasteiger partial charge < -0.3 is 4.57 Å². The van der Waals surface area contributed by atoms with Gasteiger partial charge in [0.2, 0.25) is 0 Å². The van der Waals surface area contributed by atoms with Gasteiger partial charge in [-0.1, -0.05) is 61.0 Å². The van der Waals surface area contributed by atoms with Crippen molar-refractivity contribution in [3.8, 4) is 22.4 Å². The highest BCUT2D eigenvalue weighted by Gasteiger charge is 2.12. The van der Waals surface area contributed by atoms with Gasteiger partial charge in [0, 0.05) is 24.7 Å². The highest BCUT2D eigenvalue weighted by atomic mass is 15.1. The highest BCUT2D eigenvalue weighted by molar-refractivity contribution is 5.68. The summed E-state index contributed by atoms with van der Waals surface area (Å²) in [6.07, 6.45) is 7.20. The normalized spacial score (nSPS) is 14.4. The Kier molecular flexibility index (Phi) is 3.51. The number of rotatable bonds is 2. The van der Waals surface area contributed by atoms with Crippen LogP contribution in [-0.4, -0.2) is 9.55 Å². The first-order valence-electron chi connectivity index (χ1n) is 8.12. The molecule has 22 heavy (non-hydrogen) atoms. The van der Waals surface area contributed by atoms with Gasteiger partial charge in [0.1, 0.15) is 5.82 Å². The molecule has 0 amide bonds. The fraction of sp³-hybridized carbons (Fsp3) is 0.250. The van der Waals surface area contributed by atoms with Crippen molar-refractivity contribution < 1.29 is 0 Å². The molecule has 0 radical (unpaired) electrons. The van der Waals surface area contributed by atoms with Crippen molar-refractivity contribution in [1.29, 1.82) is 0 Å². The zero-order valence-electron chi connectivity index (χ0n) is 12.7. The molecule has 1 aliphatic heterocycles. The Morgan fingerprint density at radius 2 is 1.45 bits per heavy atom. The summed E-state index contributed by atoms with van der Waals surface area (Å²) < 4.78 is 2.34. The van der Waals surface area contributed by atoms with Gasteiger partial charge in [0.25, 0.3) is 0 Å². The lowest BCUT2D eigenvalue weighted by molar-refractivity contribution is 0.635. The third kappa shape index (κ3) is 2.57. The van der Waals surface area contributed by atoms with Crippen LogP contribution in [0.15, 0.2) is 60.8 Å². The van der Waals surface area contributed by atoms with E-state index in [2.05, 4.69) is 65.4 Å². The third-order valence-corrected chi connectivity index (χ3v) is 4.45. The van der Waals surface area contributed by atoms with Crippen LogP contribution in [0, 0.1) is 0 Å². The van der Waals surface area contributed by atoms with Crippen molar-refractivity contribution >= 4 is 0 Å². The quantitative estimate of drug-likeness (QED) is 0.653. The Labute approximate surface area is 131 Å². The molecule has 1 aromatic heterocycles. The minimum atomic E-state index is 1.11. The van der Waals surface area contributed by atoms with Crippen LogP contribution < -0.4 is 0 Å². The zero-order valence-corrected chi connectivity index (χ0v) is 12.7. The molecule has 110 valence electrons. The first-order chi connectivity index (χ1) is 10.9. The lowest BCUT2D eigenvalue weighted by Crippen LogP contribution is -1.98. The molecular weight excluding hydrogens is 268 g/mol. The summed E-state index contributed by atoms with van der Waals surface area (Å²) in [6, 6.07) is 19.3. The number of aryl methyl sites for hydroxylation is 2. The molecule has 4 rings (SSSR count). The number of benzene rings is 2. The smallest absolute Gasteiger partial charge is 0.109 e. The summed E-state index contributed by atoms with van der Waals surface area (Å²) in [6.45, 7) is 1.12. The van der Waals surface area contributed by atoms with E-state index in [0.29, 0.717) is 0 Å². The Bertz CT molecular complexity index is 731. The summed E-state index contributed by atoms with van der Waals surface area (Å²) in [5, 5.41) is 0. The van der Waals surface area contributed by atoms with E-state index in [0.717, 1.165) is 18.7 Å². The van der Waals surface area contributed by atoms with Crippen LogP contribution in [0.4, 0.5) is 0 Å². The van der Waals surface area contributed by atoms with Crippen molar-refractivity contribution in [1.82, 2.24) is 9.55 Å². The average Bonchev–Trinajstić information content (AvgIpc) is 2.87. The topological polar surface area (TPSA) is 17.8 Å². The number of imidazole rings is 1. The largest absolute Gasteiger partial charge is 0.334 e. The van der Waals surface area contributed by atoms with E-state index < -0.39 is 0 Å². The molecule has 0 aliphatic carbocycles. The van der Waals surface area contributed by atoms with Crippen molar-refractivity contribution in [3.63, 3.8) is 0 Å². The number of nitrogens with zero attached hydrogens (tertiary/aromatic N) is 2. The van der Waals surface area contributed by atoms with E-state index >= 15 is 0 Å². The van der Waals surface area contributed by atoms with E-state index in [1.807, 2.05) is 0 Å². The fourth-order valence-corrected chi connectivity index (χ4v) is 3.19. The van der Waals surface area contributed by atoms with Crippen molar-refractivity contribution in [2.75, 3.05) is 0 Å². The van der Waals surface area contributed by atoms with Gasteiger partial charge in [0.05, 0.1) is 5.69 Å². The van der Waals surface area contributed by atoms with Gasteiger partial charge >= 0.3 is 0 Å². The number of fused-ring (bicyclic) bond motifs is 1. The second kappa shape index (κ2) is 5.80. The second-order valence-corrected chi connectivity index (χ2v) is 5.99. The molecule has 1 aliphatic rings. The van der Waals surface area contributed by atoms with Gasteiger partial charge in [-0.05, 0) is 24.0 Å². The van der Waals surface area contributed by atoms with Crippen molar-refractivity contribution in [2.24, 2.45) is 0 Å². The van der Waals surface area contributed by atoms with Crippen LogP contribution in [0.25, 0.3) is 22.4 Å². The lowest BCUT2D eigenvalue weighted by Gasteiger charge is -2.03. The van der Waals surface area contributed by atoms with Crippen molar-refractivity contribution in [3.05, 3.63) is 66.6 Å². The van der Waals surface area contributed by atoms with Gasteiger partial charge in [-0.2, -0.15) is 0 Å². The predicted molar refractivity (Wildman–Crippen MR) is 90.7 cm³/mol. The first kappa shape index (κ1) is 13.3. The summed E-state index contributed by atoms with van der Waals surface area (Å²) in [5.41, 5.74) is 4.83. The fourth-order valence-electron chi connectivity index (χ4n) is 3.19. The lowest BCUT2D eigenvalue weighted by atomic mass is 10.0. The molecule has 0 bridgehead atoms. The van der Waals surface area contributed by atoms with Crippen LogP contribution in [0.3, 0.4) is 0 Å². The zero-order chi connectivity index (χ0) is 14.8. The van der Waals surface area contributed by atoms with Crippen LogP contribution in [-0.2, 0) is 13.0 Å². The summed E-state index contributed by atoms with van der Waals surface area (Å²) >= 11 is 0. The maximum absolute atomic E-state index is 4.85. The van der Waals surface area contributed by atoms with Crippen molar-refractivity contribution in [2.45, 2.75) is 32.2 Å². The Hall–Kier alpha value is -2.35. The second-order valence-electron chi connectivity index (χ2n) is 5.99. The Balaban J connectivity index is 1.64. The molecule has 2 heterocycles. The monoisotopic (exact) mass is 288 g/mol. The predicted octanol–water partition coefficient (Wildman–Crippen LogP) is 4.94. The van der Waals surface area contributed by atoms with Gasteiger partial charge in [-0.25, -0.2) is 4.98 Å². The summed E-state index contributed by atoms with van der Waals surface area (Å²) in [4.78, 5) is 4.85. The Morgan fingerprint density at radius 1 is 0.727 bits per heavy atom. The first-order valence-corrected chi connectivity index (χ1v) is 8.12. The highest BCUT2D eigenvalue weighted by Crippen LogP contribution is 2.25. The SMILES string of the molecule is c1ccc(-c2ccc(-c3cn4c(n3)CCCCC4)cc2)cc1. The van der Waals surface area contributed by atoms with Crippen LogP contribution in [0.1, 0.15) is 25.1 Å². The molecule has 0 spiro atoms. The minimum absolute atomic E-state index is 1.11. The van der Waals surface area contributed by atoms with Gasteiger partial charge in [0.15, 0.2) is 0 Å². The van der Waals surface area contributed by atoms with Crippen LogP contribution in [0.5, 0.6) is 0 Å². The molecule has 0 unspecified atom stereocenters.